The van der Waals surface area contributed by atoms with Crippen LogP contribution in [-0.4, -0.2) is 7.11 Å². The molecule has 0 aliphatic carbocycles. The number of rotatable bonds is 1. The molecule has 11 heavy (non-hydrogen) atoms. The summed E-state index contributed by atoms with van der Waals surface area (Å²) < 4.78 is 7.23. The minimum atomic E-state index is 0.888. The molecule has 0 bridgehead atoms. The normalized spacial score (nSPS) is 9.82. The molecule has 0 spiro atoms. The highest BCUT2D eigenvalue weighted by Gasteiger charge is 2.05. The summed E-state index contributed by atoms with van der Waals surface area (Å²) in [5.74, 6) is 0.888. The lowest BCUT2D eigenvalue weighted by Crippen LogP contribution is -1.88. The van der Waals surface area contributed by atoms with Crippen molar-refractivity contribution in [2.75, 3.05) is 7.11 Å². The maximum atomic E-state index is 5.18. The first-order valence-electron chi connectivity index (χ1n) is 3.15. The van der Waals surface area contributed by atoms with Gasteiger partial charge in [-0.05, 0) is 35.0 Å². The van der Waals surface area contributed by atoms with Gasteiger partial charge in [-0.3, -0.25) is 0 Å². The quantitative estimate of drug-likeness (QED) is 0.764. The molecule has 0 aliphatic rings. The van der Waals surface area contributed by atoms with Crippen LogP contribution in [0.1, 0.15) is 5.56 Å². The molecule has 0 amide bonds. The molecule has 0 unspecified atom stereocenters. The van der Waals surface area contributed by atoms with E-state index in [9.17, 15) is 0 Å². The second kappa shape index (κ2) is 3.59. The zero-order chi connectivity index (χ0) is 8.43. The Kier molecular flexibility index (Phi) is 2.96. The standard InChI is InChI=1S/C8H8Br2O/c1-5-6(9)3-4-7(10)8(5)11-2/h3-4H,1-2H3. The number of halogens is 2. The fourth-order valence-electron chi connectivity index (χ4n) is 0.885. The van der Waals surface area contributed by atoms with Gasteiger partial charge >= 0.3 is 0 Å². The Morgan fingerprint density at radius 2 is 1.73 bits per heavy atom. The van der Waals surface area contributed by atoms with Gasteiger partial charge in [0.1, 0.15) is 5.75 Å². The van der Waals surface area contributed by atoms with Gasteiger partial charge in [0.2, 0.25) is 0 Å². The molecule has 0 saturated carbocycles. The van der Waals surface area contributed by atoms with Gasteiger partial charge in [0, 0.05) is 10.0 Å². The summed E-state index contributed by atoms with van der Waals surface area (Å²) in [6.45, 7) is 2.01. The summed E-state index contributed by atoms with van der Waals surface area (Å²) in [7, 11) is 1.67. The molecule has 0 atom stereocenters. The lowest BCUT2D eigenvalue weighted by Gasteiger charge is -2.07. The van der Waals surface area contributed by atoms with Crippen LogP contribution in [0.5, 0.6) is 5.75 Å². The molecule has 0 heterocycles. The van der Waals surface area contributed by atoms with E-state index in [-0.39, 0.29) is 0 Å². The third-order valence-corrected chi connectivity index (χ3v) is 2.98. The van der Waals surface area contributed by atoms with Crippen LogP contribution in [-0.2, 0) is 0 Å². The third-order valence-electron chi connectivity index (χ3n) is 1.50. The highest BCUT2D eigenvalue weighted by molar-refractivity contribution is 9.11. The molecular weight excluding hydrogens is 272 g/mol. The number of hydrogen-bond donors (Lipinski definition) is 0. The zero-order valence-corrected chi connectivity index (χ0v) is 9.49. The first kappa shape index (κ1) is 9.07. The van der Waals surface area contributed by atoms with E-state index >= 15 is 0 Å². The van der Waals surface area contributed by atoms with Gasteiger partial charge in [-0.2, -0.15) is 0 Å². The average molecular weight is 280 g/mol. The first-order valence-corrected chi connectivity index (χ1v) is 4.74. The van der Waals surface area contributed by atoms with Gasteiger partial charge in [-0.15, -0.1) is 0 Å². The second-order valence-corrected chi connectivity index (χ2v) is 3.90. The fraction of sp³-hybridized carbons (Fsp3) is 0.250. The van der Waals surface area contributed by atoms with Crippen molar-refractivity contribution in [2.24, 2.45) is 0 Å². The van der Waals surface area contributed by atoms with Crippen LogP contribution in [0.3, 0.4) is 0 Å². The molecule has 1 aromatic carbocycles. The predicted octanol–water partition coefficient (Wildman–Crippen LogP) is 3.53. The van der Waals surface area contributed by atoms with E-state index in [1.54, 1.807) is 7.11 Å². The second-order valence-electron chi connectivity index (χ2n) is 2.19. The number of ether oxygens (including phenoxy) is 1. The zero-order valence-electron chi connectivity index (χ0n) is 6.32. The van der Waals surface area contributed by atoms with Crippen LogP contribution in [0, 0.1) is 6.92 Å². The SMILES string of the molecule is COc1c(Br)ccc(Br)c1C. The van der Waals surface area contributed by atoms with Crippen molar-refractivity contribution in [3.05, 3.63) is 26.6 Å². The Balaban J connectivity index is 3.29. The summed E-state index contributed by atoms with van der Waals surface area (Å²) in [4.78, 5) is 0. The number of benzene rings is 1. The molecule has 3 heteroatoms. The predicted molar refractivity (Wildman–Crippen MR) is 53.1 cm³/mol. The van der Waals surface area contributed by atoms with E-state index in [1.807, 2.05) is 19.1 Å². The van der Waals surface area contributed by atoms with E-state index in [1.165, 1.54) is 0 Å². The minimum absolute atomic E-state index is 0.888. The molecule has 0 radical (unpaired) electrons. The van der Waals surface area contributed by atoms with E-state index in [2.05, 4.69) is 31.9 Å². The highest BCUT2D eigenvalue weighted by Crippen LogP contribution is 2.33. The summed E-state index contributed by atoms with van der Waals surface area (Å²) in [5, 5.41) is 0. The summed E-state index contributed by atoms with van der Waals surface area (Å²) in [5.41, 5.74) is 1.11. The van der Waals surface area contributed by atoms with Crippen molar-refractivity contribution in [1.82, 2.24) is 0 Å². The highest BCUT2D eigenvalue weighted by atomic mass is 79.9. The average Bonchev–Trinajstić information content (AvgIpc) is 1.99. The summed E-state index contributed by atoms with van der Waals surface area (Å²) in [6.07, 6.45) is 0. The van der Waals surface area contributed by atoms with Gasteiger partial charge in [-0.1, -0.05) is 15.9 Å². The van der Waals surface area contributed by atoms with E-state index in [0.29, 0.717) is 0 Å². The number of methoxy groups -OCH3 is 1. The molecule has 1 aromatic rings. The van der Waals surface area contributed by atoms with Crippen LogP contribution in [0.4, 0.5) is 0 Å². The van der Waals surface area contributed by atoms with Crippen LogP contribution in [0.25, 0.3) is 0 Å². The Bertz CT molecular complexity index is 271. The number of hydrogen-bond acceptors (Lipinski definition) is 1. The van der Waals surface area contributed by atoms with Crippen LogP contribution in [0.15, 0.2) is 21.1 Å². The lowest BCUT2D eigenvalue weighted by molar-refractivity contribution is 0.408. The van der Waals surface area contributed by atoms with E-state index < -0.39 is 0 Å². The largest absolute Gasteiger partial charge is 0.495 e. The lowest BCUT2D eigenvalue weighted by atomic mass is 10.2. The maximum absolute atomic E-state index is 5.18. The Morgan fingerprint density at radius 3 is 2.18 bits per heavy atom. The van der Waals surface area contributed by atoms with Crippen LogP contribution in [0.2, 0.25) is 0 Å². The molecular formula is C8H8Br2O. The van der Waals surface area contributed by atoms with Crippen molar-refractivity contribution in [2.45, 2.75) is 6.92 Å². The van der Waals surface area contributed by atoms with Gasteiger partial charge in [0.05, 0.1) is 11.6 Å². The molecule has 0 aliphatic heterocycles. The Morgan fingerprint density at radius 1 is 1.18 bits per heavy atom. The molecule has 0 saturated heterocycles. The van der Waals surface area contributed by atoms with Crippen molar-refractivity contribution < 1.29 is 4.74 Å². The summed E-state index contributed by atoms with van der Waals surface area (Å²) >= 11 is 6.82. The van der Waals surface area contributed by atoms with E-state index in [4.69, 9.17) is 4.74 Å². The van der Waals surface area contributed by atoms with Gasteiger partial charge in [0.15, 0.2) is 0 Å². The third kappa shape index (κ3) is 1.76. The van der Waals surface area contributed by atoms with Crippen molar-refractivity contribution in [3.63, 3.8) is 0 Å². The Labute approximate surface area is 83.0 Å². The smallest absolute Gasteiger partial charge is 0.137 e. The van der Waals surface area contributed by atoms with Gasteiger partial charge in [-0.25, -0.2) is 0 Å². The molecule has 1 rings (SSSR count). The Hall–Kier alpha value is -0.0200. The van der Waals surface area contributed by atoms with Crippen molar-refractivity contribution in [1.29, 1.82) is 0 Å². The minimum Gasteiger partial charge on any atom is -0.495 e. The fourth-order valence-corrected chi connectivity index (χ4v) is 1.79. The molecule has 0 aromatic heterocycles. The van der Waals surface area contributed by atoms with Crippen molar-refractivity contribution in [3.8, 4) is 5.75 Å². The molecule has 0 fully saturated rings. The van der Waals surface area contributed by atoms with E-state index in [0.717, 1.165) is 20.3 Å². The van der Waals surface area contributed by atoms with Crippen LogP contribution >= 0.6 is 31.9 Å². The molecule has 60 valence electrons. The van der Waals surface area contributed by atoms with Crippen LogP contribution < -0.4 is 4.74 Å². The first-order chi connectivity index (χ1) is 5.16. The molecule has 1 nitrogen and oxygen atoms in total. The maximum Gasteiger partial charge on any atom is 0.137 e. The topological polar surface area (TPSA) is 9.23 Å². The summed E-state index contributed by atoms with van der Waals surface area (Å²) in [6, 6.07) is 3.94. The molecule has 0 N–H and O–H groups in total. The van der Waals surface area contributed by atoms with Gasteiger partial charge < -0.3 is 4.74 Å². The van der Waals surface area contributed by atoms with Crippen molar-refractivity contribution >= 4 is 31.9 Å². The van der Waals surface area contributed by atoms with Gasteiger partial charge in [0.25, 0.3) is 0 Å². The monoisotopic (exact) mass is 278 g/mol.